The molecule has 0 unspecified atom stereocenters. The predicted octanol–water partition coefficient (Wildman–Crippen LogP) is -17.1. The van der Waals surface area contributed by atoms with Crippen molar-refractivity contribution in [3.05, 3.63) is 83.9 Å². The van der Waals surface area contributed by atoms with Gasteiger partial charge in [0.1, 0.15) is 30.4 Å². The molecule has 298 valence electrons. The van der Waals surface area contributed by atoms with Gasteiger partial charge in [0.05, 0.1) is 62.2 Å². The topological polar surface area (TPSA) is 354 Å². The minimum atomic E-state index is -5.28. The van der Waals surface area contributed by atoms with E-state index in [9.17, 15) is 64.3 Å². The largest absolute Gasteiger partial charge is 1.00 e. The number of benzene rings is 5. The minimum absolute atomic E-state index is 0. The number of amides is 2. The van der Waals surface area contributed by atoms with Gasteiger partial charge in [-0.1, -0.05) is 0 Å². The van der Waals surface area contributed by atoms with E-state index in [0.29, 0.717) is 30.2 Å². The Bertz CT molecular complexity index is 2700. The third-order valence-electron chi connectivity index (χ3n) is 7.14. The van der Waals surface area contributed by atoms with Crippen LogP contribution in [-0.2, 0) is 58.5 Å². The zero-order valence-corrected chi connectivity index (χ0v) is 49.4. The van der Waals surface area contributed by atoms with E-state index in [2.05, 4.69) is 38.7 Å². The summed E-state index contributed by atoms with van der Waals surface area (Å²) >= 11 is 0.667. The van der Waals surface area contributed by atoms with Crippen LogP contribution in [0.4, 0.5) is 11.4 Å². The summed E-state index contributed by atoms with van der Waals surface area (Å²) in [5.41, 5.74) is -1.11. The summed E-state index contributed by atoms with van der Waals surface area (Å²) in [6.45, 7) is 0. The summed E-state index contributed by atoms with van der Waals surface area (Å²) in [6.07, 6.45) is 0. The molecule has 0 fully saturated rings. The number of hydrogen-bond donors (Lipinski definition) is 2. The fourth-order valence-corrected chi connectivity index (χ4v) is 8.46. The van der Waals surface area contributed by atoms with Crippen molar-refractivity contribution in [3.63, 3.8) is 0 Å². The molecule has 0 atom stereocenters. The van der Waals surface area contributed by atoms with Gasteiger partial charge < -0.3 is 40.1 Å². The number of carbonyl (C=O) groups excluding carboxylic acids is 2. The maximum Gasteiger partial charge on any atom is 1.00 e. The van der Waals surface area contributed by atoms with Crippen molar-refractivity contribution in [2.24, 2.45) is 0 Å². The monoisotopic (exact) mass is 1030 g/mol. The maximum absolute atomic E-state index is 13.4. The number of rotatable bonds is 16. The van der Waals surface area contributed by atoms with E-state index in [-0.39, 0.29) is 254 Å². The van der Waals surface area contributed by atoms with Crippen LogP contribution in [0.15, 0.2) is 102 Å². The van der Waals surface area contributed by atoms with E-state index in [4.69, 9.17) is 0 Å². The first-order valence-corrected chi connectivity index (χ1v) is 20.5. The molecule has 62 heavy (non-hydrogen) atoms. The Balaban J connectivity index is 0. The van der Waals surface area contributed by atoms with Crippen molar-refractivity contribution in [1.82, 2.24) is 0 Å². The van der Waals surface area contributed by atoms with Gasteiger partial charge in [0.2, 0.25) is 0 Å². The van der Waals surface area contributed by atoms with Gasteiger partial charge in [-0.2, -0.15) is 13.0 Å². The first-order chi connectivity index (χ1) is 26.3. The van der Waals surface area contributed by atoms with Gasteiger partial charge in [-0.05, 0) is 83.6 Å². The third kappa shape index (κ3) is 17.7. The van der Waals surface area contributed by atoms with Crippen LogP contribution in [0.2, 0.25) is 0 Å². The van der Waals surface area contributed by atoms with E-state index in [1.165, 1.54) is 12.1 Å². The Morgan fingerprint density at radius 2 is 0.871 bits per heavy atom. The second kappa shape index (κ2) is 29.2. The van der Waals surface area contributed by atoms with Gasteiger partial charge in [0, 0.05) is 36.6 Å². The molecule has 22 nitrogen and oxygen atoms in total. The molecule has 0 saturated carbocycles. The van der Waals surface area contributed by atoms with E-state index in [1.54, 1.807) is 0 Å². The second-order valence-electron chi connectivity index (χ2n) is 10.5. The van der Waals surface area contributed by atoms with E-state index >= 15 is 0 Å². The Kier molecular flexibility index (Phi) is 31.1. The molecule has 0 saturated heterocycles. The van der Waals surface area contributed by atoms with Crippen molar-refractivity contribution in [2.45, 2.75) is 29.4 Å². The van der Waals surface area contributed by atoms with Gasteiger partial charge in [-0.25, -0.2) is 25.3 Å². The van der Waals surface area contributed by atoms with Crippen molar-refractivity contribution < 1.29 is 270 Å². The van der Waals surface area contributed by atoms with Crippen LogP contribution in [0.5, 0.6) is 0 Å². The molecular formula is C28H14N2Na6O20S6. The summed E-state index contributed by atoms with van der Waals surface area (Å²) in [7, 11) is -15.7. The van der Waals surface area contributed by atoms with Gasteiger partial charge in [-0.15, -0.1) is 0 Å². The number of hydrogen-bond acceptors (Lipinski definition) is 23. The van der Waals surface area contributed by atoms with Gasteiger partial charge in [0.25, 0.3) is 11.8 Å². The summed E-state index contributed by atoms with van der Waals surface area (Å²) in [5, 5.41) is 45.0. The molecule has 0 radical (unpaired) electrons. The van der Waals surface area contributed by atoms with E-state index in [1.807, 2.05) is 0 Å². The van der Waals surface area contributed by atoms with Gasteiger partial charge >= 0.3 is 177 Å². The molecule has 34 heteroatoms. The number of fused-ring (bicyclic) bond motifs is 2. The fraction of sp³-hybridized carbons (Fsp3) is 0. The van der Waals surface area contributed by atoms with Gasteiger partial charge in [0.15, 0.2) is 0 Å². The molecule has 0 aromatic heterocycles. The molecule has 5 rings (SSSR count). The van der Waals surface area contributed by atoms with Crippen LogP contribution in [-0.4, -0.2) is 50.7 Å². The Morgan fingerprint density at radius 3 is 1.29 bits per heavy atom. The molecule has 0 heterocycles. The van der Waals surface area contributed by atoms with E-state index in [0.717, 1.165) is 42.5 Å². The van der Waals surface area contributed by atoms with Gasteiger partial charge in [-0.3, -0.25) is 24.7 Å². The molecule has 0 spiro atoms. The molecule has 2 amide bonds. The summed E-state index contributed by atoms with van der Waals surface area (Å²) < 4.78 is 121. The van der Waals surface area contributed by atoms with Crippen molar-refractivity contribution in [2.75, 3.05) is 10.6 Å². The molecule has 0 aliphatic rings. The zero-order valence-electron chi connectivity index (χ0n) is 32.5. The smallest absolute Gasteiger partial charge is 0.744 e. The molecular weight excluding hydrogens is 1010 g/mol. The molecule has 2 N–H and O–H groups in total. The average Bonchev–Trinajstić information content (AvgIpc) is 3.13. The summed E-state index contributed by atoms with van der Waals surface area (Å²) in [5.74, 6) is -1.94. The summed E-state index contributed by atoms with van der Waals surface area (Å²) in [4.78, 5) is 23.6. The number of carbonyl (C=O) groups is 2. The van der Waals surface area contributed by atoms with Crippen molar-refractivity contribution >= 4 is 111 Å². The maximum atomic E-state index is 13.4. The van der Waals surface area contributed by atoms with Crippen LogP contribution in [0.3, 0.4) is 0 Å². The Morgan fingerprint density at radius 1 is 0.484 bits per heavy atom. The zero-order chi connectivity index (χ0) is 41.0. The van der Waals surface area contributed by atoms with E-state index < -0.39 is 62.5 Å². The molecule has 5 aromatic carbocycles. The minimum Gasteiger partial charge on any atom is -0.744 e. The second-order valence-corrected chi connectivity index (χ2v) is 16.9. The van der Waals surface area contributed by atoms with Crippen molar-refractivity contribution in [1.29, 1.82) is 0 Å². The number of anilines is 2. The molecule has 0 aliphatic heterocycles. The SMILES string of the molecule is O=C(Nc1cc(S(=O)(=O)[O-])cc2cc(S(=O)(=O)[O-])cc(SOO[O-])c12)c1ccc(C(=O)Nc2cc(SOO[O-])cc3cc(SOO[O-])cc(S(=O)(=O)[O-])c23)cc1.[Na+].[Na+].[Na+].[Na+].[Na+].[Na+]. The fourth-order valence-electron chi connectivity index (χ4n) is 5.01. The van der Waals surface area contributed by atoms with Crippen LogP contribution >= 0.6 is 36.1 Å². The standard InChI is InChI=1S/C28H20N2O20S6.6Na/c31-27(29-21-9-17(51-48-45-33)5-15-6-18(52-49-46-34)10-24(26(15)21)56(42,43)44)13-1-3-14(4-2-13)28(32)30-22-11-19(54(36,37)38)7-16-8-20(55(39,40)41)12-23(25(16)22)53-50-47-35;;;;;;/h1-12,33-35H,(H,29,31)(H,30,32)(H,36,37,38)(H,39,40,41)(H,42,43,44);;;;;;/q;6*+1/p-6. The van der Waals surface area contributed by atoms with Crippen LogP contribution in [0, 0.1) is 0 Å². The quantitative estimate of drug-likeness (QED) is 0.0305. The Labute approximate surface area is 496 Å². The average molecular weight is 1030 g/mol. The van der Waals surface area contributed by atoms with Crippen LogP contribution in [0.25, 0.3) is 21.5 Å². The third-order valence-corrected chi connectivity index (χ3v) is 11.4. The van der Waals surface area contributed by atoms with Crippen LogP contribution < -0.4 is 204 Å². The molecule has 5 aromatic rings. The Hall–Kier alpha value is 1.98. The molecule has 0 bridgehead atoms. The van der Waals surface area contributed by atoms with Crippen LogP contribution in [0.1, 0.15) is 20.7 Å². The molecule has 0 aliphatic carbocycles. The normalized spacial score (nSPS) is 11.1. The number of nitrogens with one attached hydrogen (secondary N) is 2. The first-order valence-electron chi connectivity index (χ1n) is 14.1. The first kappa shape index (κ1) is 66.1. The summed E-state index contributed by atoms with van der Waals surface area (Å²) in [6, 6.07) is 11.7. The predicted molar refractivity (Wildman–Crippen MR) is 178 cm³/mol. The van der Waals surface area contributed by atoms with Crippen molar-refractivity contribution in [3.8, 4) is 0 Å².